The van der Waals surface area contributed by atoms with E-state index in [9.17, 15) is 13.2 Å². The van der Waals surface area contributed by atoms with Crippen LogP contribution in [-0.2, 0) is 21.5 Å². The molecule has 1 aliphatic carbocycles. The van der Waals surface area contributed by atoms with E-state index in [2.05, 4.69) is 0 Å². The molecular formula is C17H24ClNO4S. The van der Waals surface area contributed by atoms with Crippen LogP contribution in [0.5, 0.6) is 5.75 Å². The van der Waals surface area contributed by atoms with Crippen LogP contribution in [0.15, 0.2) is 18.2 Å². The van der Waals surface area contributed by atoms with Gasteiger partial charge in [-0.3, -0.25) is 4.79 Å². The molecule has 1 fully saturated rings. The SMILES string of the molecule is CCC(C)N(Cc1cc(Cl)ccc1OS(C)(=O)=O)C(=O)C1CCC1. The summed E-state index contributed by atoms with van der Waals surface area (Å²) in [6, 6.07) is 4.82. The average molecular weight is 374 g/mol. The van der Waals surface area contributed by atoms with Crippen LogP contribution in [0.4, 0.5) is 0 Å². The molecule has 7 heteroatoms. The highest BCUT2D eigenvalue weighted by atomic mass is 35.5. The zero-order chi connectivity index (χ0) is 17.9. The van der Waals surface area contributed by atoms with Gasteiger partial charge in [-0.15, -0.1) is 0 Å². The van der Waals surface area contributed by atoms with Crippen LogP contribution in [0.3, 0.4) is 0 Å². The Labute approximate surface area is 149 Å². The minimum Gasteiger partial charge on any atom is -0.382 e. The Bertz CT molecular complexity index is 701. The molecule has 1 unspecified atom stereocenters. The number of amides is 1. The van der Waals surface area contributed by atoms with Crippen molar-refractivity contribution < 1.29 is 17.4 Å². The predicted molar refractivity (Wildman–Crippen MR) is 94.6 cm³/mol. The molecule has 0 saturated heterocycles. The summed E-state index contributed by atoms with van der Waals surface area (Å²) >= 11 is 6.06. The summed E-state index contributed by atoms with van der Waals surface area (Å²) in [5, 5.41) is 0.478. The van der Waals surface area contributed by atoms with Crippen LogP contribution in [0.2, 0.25) is 5.02 Å². The van der Waals surface area contributed by atoms with E-state index in [1.165, 1.54) is 6.07 Å². The van der Waals surface area contributed by atoms with Crippen LogP contribution in [0, 0.1) is 5.92 Å². The number of hydrogen-bond donors (Lipinski definition) is 0. The van der Waals surface area contributed by atoms with Crippen molar-refractivity contribution in [1.82, 2.24) is 4.90 Å². The number of nitrogens with zero attached hydrogens (tertiary/aromatic N) is 1. The van der Waals surface area contributed by atoms with E-state index in [1.807, 2.05) is 18.7 Å². The molecule has 1 aromatic carbocycles. The van der Waals surface area contributed by atoms with Gasteiger partial charge >= 0.3 is 10.1 Å². The lowest BCUT2D eigenvalue weighted by atomic mass is 9.84. The number of halogens is 1. The van der Waals surface area contributed by atoms with E-state index in [0.717, 1.165) is 31.9 Å². The van der Waals surface area contributed by atoms with Crippen LogP contribution < -0.4 is 4.18 Å². The van der Waals surface area contributed by atoms with Gasteiger partial charge in [0.2, 0.25) is 5.91 Å². The molecule has 0 N–H and O–H groups in total. The topological polar surface area (TPSA) is 63.7 Å². The third-order valence-corrected chi connectivity index (χ3v) is 5.18. The van der Waals surface area contributed by atoms with E-state index < -0.39 is 10.1 Å². The molecule has 134 valence electrons. The standard InChI is InChI=1S/C17H24ClNO4S/c1-4-12(2)19(17(20)13-6-5-7-13)11-14-10-15(18)8-9-16(14)23-24(3,21)22/h8-10,12-13H,4-7,11H2,1-3H3. The fourth-order valence-electron chi connectivity index (χ4n) is 2.66. The van der Waals surface area contributed by atoms with Crippen molar-refractivity contribution in [1.29, 1.82) is 0 Å². The van der Waals surface area contributed by atoms with Crippen molar-refractivity contribution in [2.45, 2.75) is 52.1 Å². The summed E-state index contributed by atoms with van der Waals surface area (Å²) < 4.78 is 28.0. The molecule has 1 aromatic rings. The maximum Gasteiger partial charge on any atom is 0.306 e. The van der Waals surface area contributed by atoms with E-state index in [0.29, 0.717) is 10.6 Å². The van der Waals surface area contributed by atoms with Gasteiger partial charge in [-0.25, -0.2) is 0 Å². The highest BCUT2D eigenvalue weighted by molar-refractivity contribution is 7.86. The molecule has 0 aliphatic heterocycles. The number of benzene rings is 1. The first kappa shape index (κ1) is 19.1. The Balaban J connectivity index is 2.30. The summed E-state index contributed by atoms with van der Waals surface area (Å²) in [5.74, 6) is 0.426. The lowest BCUT2D eigenvalue weighted by molar-refractivity contribution is -0.141. The van der Waals surface area contributed by atoms with Crippen molar-refractivity contribution in [2.75, 3.05) is 6.26 Å². The Kier molecular flexibility index (Phi) is 6.15. The first-order valence-corrected chi connectivity index (χ1v) is 10.4. The van der Waals surface area contributed by atoms with Crippen molar-refractivity contribution in [3.8, 4) is 5.75 Å². The van der Waals surface area contributed by atoms with Gasteiger partial charge < -0.3 is 9.08 Å². The largest absolute Gasteiger partial charge is 0.382 e. The van der Waals surface area contributed by atoms with Crippen LogP contribution >= 0.6 is 11.6 Å². The first-order chi connectivity index (χ1) is 11.2. The van der Waals surface area contributed by atoms with Crippen molar-refractivity contribution in [3.05, 3.63) is 28.8 Å². The summed E-state index contributed by atoms with van der Waals surface area (Å²) in [6.07, 6.45) is 4.75. The third kappa shape index (κ3) is 4.86. The Morgan fingerprint density at radius 1 is 1.42 bits per heavy atom. The van der Waals surface area contributed by atoms with E-state index >= 15 is 0 Å². The van der Waals surface area contributed by atoms with Crippen molar-refractivity contribution >= 4 is 27.6 Å². The maximum atomic E-state index is 12.7. The van der Waals surface area contributed by atoms with Gasteiger partial charge in [0.15, 0.2) is 0 Å². The van der Waals surface area contributed by atoms with Gasteiger partial charge in [-0.1, -0.05) is 24.9 Å². The summed E-state index contributed by atoms with van der Waals surface area (Å²) in [5.41, 5.74) is 0.598. The van der Waals surface area contributed by atoms with E-state index in [4.69, 9.17) is 15.8 Å². The first-order valence-electron chi connectivity index (χ1n) is 8.19. The molecule has 1 saturated carbocycles. The molecular weight excluding hydrogens is 350 g/mol. The molecule has 5 nitrogen and oxygen atoms in total. The average Bonchev–Trinajstić information content (AvgIpc) is 2.43. The molecule has 1 amide bonds. The quantitative estimate of drug-likeness (QED) is 0.685. The fourth-order valence-corrected chi connectivity index (χ4v) is 3.34. The van der Waals surface area contributed by atoms with Crippen molar-refractivity contribution in [3.63, 3.8) is 0 Å². The second kappa shape index (κ2) is 7.74. The number of rotatable bonds is 7. The Morgan fingerprint density at radius 2 is 2.08 bits per heavy atom. The maximum absolute atomic E-state index is 12.7. The zero-order valence-corrected chi connectivity index (χ0v) is 15.9. The summed E-state index contributed by atoms with van der Waals surface area (Å²) in [4.78, 5) is 14.6. The molecule has 0 aromatic heterocycles. The zero-order valence-electron chi connectivity index (χ0n) is 14.3. The molecule has 0 bridgehead atoms. The molecule has 0 spiro atoms. The molecule has 0 radical (unpaired) electrons. The molecule has 2 rings (SSSR count). The Hall–Kier alpha value is -1.27. The third-order valence-electron chi connectivity index (χ3n) is 4.46. The second-order valence-electron chi connectivity index (χ2n) is 6.39. The highest BCUT2D eigenvalue weighted by Crippen LogP contribution is 2.32. The number of carbonyl (C=O) groups is 1. The van der Waals surface area contributed by atoms with E-state index in [1.54, 1.807) is 12.1 Å². The van der Waals surface area contributed by atoms with Crippen molar-refractivity contribution in [2.24, 2.45) is 5.92 Å². The normalized spacial score (nSPS) is 16.3. The number of hydrogen-bond acceptors (Lipinski definition) is 4. The minimum atomic E-state index is -3.65. The van der Waals surface area contributed by atoms with Crippen LogP contribution in [-0.4, -0.2) is 31.5 Å². The monoisotopic (exact) mass is 373 g/mol. The molecule has 1 aliphatic rings. The van der Waals surface area contributed by atoms with Gasteiger partial charge in [0.05, 0.1) is 6.26 Å². The number of carbonyl (C=O) groups excluding carboxylic acids is 1. The molecule has 1 atom stereocenters. The minimum absolute atomic E-state index is 0.0585. The summed E-state index contributed by atoms with van der Waals surface area (Å²) in [6.45, 7) is 4.31. The fraction of sp³-hybridized carbons (Fsp3) is 0.588. The molecule has 0 heterocycles. The predicted octanol–water partition coefficient (Wildman–Crippen LogP) is 3.61. The van der Waals surface area contributed by atoms with Gasteiger partial charge in [-0.05, 0) is 44.4 Å². The van der Waals surface area contributed by atoms with Gasteiger partial charge in [-0.2, -0.15) is 8.42 Å². The highest BCUT2D eigenvalue weighted by Gasteiger charge is 2.32. The van der Waals surface area contributed by atoms with Gasteiger partial charge in [0.1, 0.15) is 5.75 Å². The van der Waals surface area contributed by atoms with E-state index in [-0.39, 0.29) is 30.2 Å². The van der Waals surface area contributed by atoms with Gasteiger partial charge in [0, 0.05) is 29.1 Å². The Morgan fingerprint density at radius 3 is 2.58 bits per heavy atom. The van der Waals surface area contributed by atoms with Gasteiger partial charge in [0.25, 0.3) is 0 Å². The van der Waals surface area contributed by atoms with Crippen LogP contribution in [0.1, 0.15) is 45.1 Å². The smallest absolute Gasteiger partial charge is 0.306 e. The summed E-state index contributed by atoms with van der Waals surface area (Å²) in [7, 11) is -3.65. The lowest BCUT2D eigenvalue weighted by Gasteiger charge is -2.35. The lowest BCUT2D eigenvalue weighted by Crippen LogP contribution is -2.43. The second-order valence-corrected chi connectivity index (χ2v) is 8.40. The van der Waals surface area contributed by atoms with Crippen LogP contribution in [0.25, 0.3) is 0 Å². The molecule has 24 heavy (non-hydrogen) atoms.